The van der Waals surface area contributed by atoms with Crippen LogP contribution in [0.1, 0.15) is 26.7 Å². The van der Waals surface area contributed by atoms with Gasteiger partial charge in [0.2, 0.25) is 5.13 Å². The first-order valence-electron chi connectivity index (χ1n) is 4.97. The monoisotopic (exact) mass is 215 g/mol. The predicted octanol–water partition coefficient (Wildman–Crippen LogP) is 1.53. The van der Waals surface area contributed by atoms with Gasteiger partial charge in [-0.25, -0.2) is 4.98 Å². The lowest BCUT2D eigenvalue weighted by Gasteiger charge is -2.28. The molecule has 0 spiro atoms. The van der Waals surface area contributed by atoms with Crippen molar-refractivity contribution in [1.29, 1.82) is 0 Å². The van der Waals surface area contributed by atoms with Gasteiger partial charge >= 0.3 is 0 Å². The molecule has 4 nitrogen and oxygen atoms in total. The zero-order chi connectivity index (χ0) is 10.4. The maximum atomic E-state index is 8.99. The standard InChI is InChI=1S/C9H17N3OS/c1-3-8(4-2)12(5-6-13)9-10-7-11-14-9/h7-8,13H,3-6H2,1-2H3. The first-order valence-corrected chi connectivity index (χ1v) is 5.75. The quantitative estimate of drug-likeness (QED) is 0.781. The van der Waals surface area contributed by atoms with E-state index in [-0.39, 0.29) is 6.61 Å². The summed E-state index contributed by atoms with van der Waals surface area (Å²) in [4.78, 5) is 6.31. The van der Waals surface area contributed by atoms with Crippen molar-refractivity contribution in [2.24, 2.45) is 0 Å². The third-order valence-corrected chi connectivity index (χ3v) is 3.02. The summed E-state index contributed by atoms with van der Waals surface area (Å²) >= 11 is 1.38. The Balaban J connectivity index is 2.72. The molecule has 0 aliphatic carbocycles. The van der Waals surface area contributed by atoms with Gasteiger partial charge in [0.15, 0.2) is 0 Å². The molecular weight excluding hydrogens is 198 g/mol. The molecule has 0 aliphatic rings. The fourth-order valence-corrected chi connectivity index (χ4v) is 2.19. The van der Waals surface area contributed by atoms with Gasteiger partial charge in [0, 0.05) is 24.1 Å². The molecule has 0 radical (unpaired) electrons. The van der Waals surface area contributed by atoms with Gasteiger partial charge in [-0.3, -0.25) is 0 Å². The van der Waals surface area contributed by atoms with Crippen molar-refractivity contribution in [2.75, 3.05) is 18.1 Å². The average Bonchev–Trinajstić information content (AvgIpc) is 2.71. The summed E-state index contributed by atoms with van der Waals surface area (Å²) in [5.74, 6) is 0. The topological polar surface area (TPSA) is 49.2 Å². The van der Waals surface area contributed by atoms with Crippen LogP contribution in [0, 0.1) is 0 Å². The van der Waals surface area contributed by atoms with Gasteiger partial charge in [-0.05, 0) is 12.8 Å². The van der Waals surface area contributed by atoms with Gasteiger partial charge in [0.25, 0.3) is 0 Å². The molecule has 1 N–H and O–H groups in total. The van der Waals surface area contributed by atoms with E-state index in [0.717, 1.165) is 18.0 Å². The summed E-state index contributed by atoms with van der Waals surface area (Å²) < 4.78 is 3.98. The molecule has 0 aliphatic heterocycles. The van der Waals surface area contributed by atoms with Crippen molar-refractivity contribution in [3.05, 3.63) is 6.33 Å². The van der Waals surface area contributed by atoms with Gasteiger partial charge in [-0.2, -0.15) is 4.37 Å². The second-order valence-corrected chi connectivity index (χ2v) is 3.87. The van der Waals surface area contributed by atoms with Crippen molar-refractivity contribution in [1.82, 2.24) is 9.36 Å². The number of rotatable bonds is 6. The molecule has 0 amide bonds. The Bertz CT molecular complexity index is 236. The lowest BCUT2D eigenvalue weighted by Crippen LogP contribution is -2.36. The number of hydrogen-bond donors (Lipinski definition) is 1. The van der Waals surface area contributed by atoms with Gasteiger partial charge in [-0.15, -0.1) is 0 Å². The number of nitrogens with zero attached hydrogens (tertiary/aromatic N) is 3. The third-order valence-electron chi connectivity index (χ3n) is 2.32. The van der Waals surface area contributed by atoms with E-state index in [4.69, 9.17) is 5.11 Å². The zero-order valence-corrected chi connectivity index (χ0v) is 9.50. The minimum atomic E-state index is 0.163. The second-order valence-electron chi connectivity index (χ2n) is 3.11. The first-order chi connectivity index (χ1) is 6.83. The van der Waals surface area contributed by atoms with Crippen LogP contribution in [0.15, 0.2) is 6.33 Å². The van der Waals surface area contributed by atoms with E-state index in [1.54, 1.807) is 6.33 Å². The number of anilines is 1. The highest BCUT2D eigenvalue weighted by Crippen LogP contribution is 2.20. The Morgan fingerprint density at radius 2 is 2.21 bits per heavy atom. The summed E-state index contributed by atoms with van der Waals surface area (Å²) in [6, 6.07) is 0.454. The fraction of sp³-hybridized carbons (Fsp3) is 0.778. The van der Waals surface area contributed by atoms with Crippen molar-refractivity contribution in [2.45, 2.75) is 32.7 Å². The van der Waals surface area contributed by atoms with E-state index < -0.39 is 0 Å². The molecule has 0 fully saturated rings. The van der Waals surface area contributed by atoms with Crippen LogP contribution in [0.25, 0.3) is 0 Å². The summed E-state index contributed by atoms with van der Waals surface area (Å²) in [5.41, 5.74) is 0. The molecule has 1 heterocycles. The second kappa shape index (κ2) is 5.93. The summed E-state index contributed by atoms with van der Waals surface area (Å²) in [5, 5.41) is 9.90. The summed E-state index contributed by atoms with van der Waals surface area (Å²) in [7, 11) is 0. The van der Waals surface area contributed by atoms with Crippen molar-refractivity contribution in [3.8, 4) is 0 Å². The van der Waals surface area contributed by atoms with Crippen molar-refractivity contribution >= 4 is 16.7 Å². The Kier molecular flexibility index (Phi) is 4.82. The van der Waals surface area contributed by atoms with Crippen LogP contribution in [0.5, 0.6) is 0 Å². The number of aliphatic hydroxyl groups is 1. The molecule has 1 aromatic rings. The molecule has 0 atom stereocenters. The largest absolute Gasteiger partial charge is 0.395 e. The molecule has 80 valence electrons. The minimum Gasteiger partial charge on any atom is -0.395 e. The van der Waals surface area contributed by atoms with Gasteiger partial charge < -0.3 is 10.0 Å². The zero-order valence-electron chi connectivity index (χ0n) is 8.68. The lowest BCUT2D eigenvalue weighted by molar-refractivity contribution is 0.296. The van der Waals surface area contributed by atoms with E-state index in [9.17, 15) is 0 Å². The van der Waals surface area contributed by atoms with Crippen molar-refractivity contribution in [3.63, 3.8) is 0 Å². The first kappa shape index (κ1) is 11.4. The lowest BCUT2D eigenvalue weighted by atomic mass is 10.1. The van der Waals surface area contributed by atoms with E-state index >= 15 is 0 Å². The van der Waals surface area contributed by atoms with E-state index in [1.807, 2.05) is 0 Å². The van der Waals surface area contributed by atoms with E-state index in [2.05, 4.69) is 28.1 Å². The Morgan fingerprint density at radius 1 is 1.50 bits per heavy atom. The van der Waals surface area contributed by atoms with E-state index in [0.29, 0.717) is 12.6 Å². The average molecular weight is 215 g/mol. The Morgan fingerprint density at radius 3 is 2.64 bits per heavy atom. The smallest absolute Gasteiger partial charge is 0.205 e. The molecule has 0 saturated carbocycles. The number of aliphatic hydroxyl groups excluding tert-OH is 1. The maximum Gasteiger partial charge on any atom is 0.205 e. The van der Waals surface area contributed by atoms with Gasteiger partial charge in [0.05, 0.1) is 6.61 Å². The molecule has 0 saturated heterocycles. The molecule has 1 rings (SSSR count). The van der Waals surface area contributed by atoms with Crippen LogP contribution in [0.3, 0.4) is 0 Å². The Hall–Kier alpha value is -0.680. The molecule has 0 aromatic carbocycles. The highest BCUT2D eigenvalue weighted by Gasteiger charge is 2.17. The van der Waals surface area contributed by atoms with Gasteiger partial charge in [-0.1, -0.05) is 13.8 Å². The van der Waals surface area contributed by atoms with Crippen LogP contribution in [-0.4, -0.2) is 33.7 Å². The minimum absolute atomic E-state index is 0.163. The highest BCUT2D eigenvalue weighted by molar-refractivity contribution is 7.09. The highest BCUT2D eigenvalue weighted by atomic mass is 32.1. The van der Waals surface area contributed by atoms with Crippen LogP contribution in [-0.2, 0) is 0 Å². The normalized spacial score (nSPS) is 10.9. The molecule has 1 aromatic heterocycles. The van der Waals surface area contributed by atoms with Crippen LogP contribution in [0.4, 0.5) is 5.13 Å². The van der Waals surface area contributed by atoms with Gasteiger partial charge in [0.1, 0.15) is 6.33 Å². The Labute approximate surface area is 88.8 Å². The molecule has 14 heavy (non-hydrogen) atoms. The molecule has 5 heteroatoms. The van der Waals surface area contributed by atoms with Crippen LogP contribution in [0.2, 0.25) is 0 Å². The van der Waals surface area contributed by atoms with E-state index in [1.165, 1.54) is 11.5 Å². The SMILES string of the molecule is CCC(CC)N(CCO)c1ncns1. The van der Waals surface area contributed by atoms with Crippen LogP contribution >= 0.6 is 11.5 Å². The summed E-state index contributed by atoms with van der Waals surface area (Å²) in [6.07, 6.45) is 3.69. The maximum absolute atomic E-state index is 8.99. The predicted molar refractivity (Wildman–Crippen MR) is 58.7 cm³/mol. The molecule has 0 bridgehead atoms. The van der Waals surface area contributed by atoms with Crippen LogP contribution < -0.4 is 4.90 Å². The fourth-order valence-electron chi connectivity index (χ4n) is 1.57. The number of aromatic nitrogens is 2. The third kappa shape index (κ3) is 2.65. The van der Waals surface area contributed by atoms with Crippen molar-refractivity contribution < 1.29 is 5.11 Å². The molecular formula is C9H17N3OS. The number of hydrogen-bond acceptors (Lipinski definition) is 5. The summed E-state index contributed by atoms with van der Waals surface area (Å²) in [6.45, 7) is 5.11. The molecule has 0 unspecified atom stereocenters.